The second-order valence-electron chi connectivity index (χ2n) is 7.38. The fourth-order valence-electron chi connectivity index (χ4n) is 3.59. The van der Waals surface area contributed by atoms with Crippen molar-refractivity contribution in [3.63, 3.8) is 0 Å². The van der Waals surface area contributed by atoms with Crippen LogP contribution >= 0.6 is 0 Å². The van der Waals surface area contributed by atoms with Gasteiger partial charge in [0.05, 0.1) is 12.0 Å². The van der Waals surface area contributed by atoms with Crippen molar-refractivity contribution in [2.75, 3.05) is 20.2 Å². The Bertz CT molecular complexity index is 1100. The van der Waals surface area contributed by atoms with E-state index in [0.717, 1.165) is 25.3 Å². The van der Waals surface area contributed by atoms with Gasteiger partial charge in [0.2, 0.25) is 15.9 Å². The lowest BCUT2D eigenvalue weighted by molar-refractivity contribution is -0.116. The van der Waals surface area contributed by atoms with Gasteiger partial charge in [-0.05, 0) is 36.6 Å². The fraction of sp³-hybridized carbons (Fsp3) is 0.348. The highest BCUT2D eigenvalue weighted by atomic mass is 32.2. The summed E-state index contributed by atoms with van der Waals surface area (Å²) >= 11 is 0. The van der Waals surface area contributed by atoms with E-state index in [2.05, 4.69) is 10.1 Å². The van der Waals surface area contributed by atoms with E-state index in [4.69, 9.17) is 4.74 Å². The second-order valence-corrected chi connectivity index (χ2v) is 9.29. The number of para-hydroxylation sites is 1. The largest absolute Gasteiger partial charge is 0.493 e. The molecule has 178 valence electrons. The van der Waals surface area contributed by atoms with Crippen molar-refractivity contribution in [3.8, 4) is 11.5 Å². The lowest BCUT2D eigenvalue weighted by atomic mass is 10.1. The smallest absolute Gasteiger partial charge is 0.387 e. The van der Waals surface area contributed by atoms with Gasteiger partial charge in [-0.25, -0.2) is 8.42 Å². The van der Waals surface area contributed by atoms with Crippen LogP contribution in [0, 0.1) is 0 Å². The molecule has 7 nitrogen and oxygen atoms in total. The fourth-order valence-corrected chi connectivity index (χ4v) is 5.33. The number of carbonyl (C=O) groups excluding carboxylic acids is 1. The van der Waals surface area contributed by atoms with Gasteiger partial charge >= 0.3 is 6.61 Å². The lowest BCUT2D eigenvalue weighted by Gasteiger charge is -2.26. The van der Waals surface area contributed by atoms with E-state index in [9.17, 15) is 22.0 Å². The third-order valence-corrected chi connectivity index (χ3v) is 7.21. The Morgan fingerprint density at radius 1 is 1.12 bits per heavy atom. The van der Waals surface area contributed by atoms with E-state index in [1.807, 2.05) is 0 Å². The van der Waals surface area contributed by atoms with Gasteiger partial charge in [0.25, 0.3) is 0 Å². The summed E-state index contributed by atoms with van der Waals surface area (Å²) in [4.78, 5) is 12.5. The average Bonchev–Trinajstić information content (AvgIpc) is 2.82. The predicted octanol–water partition coefficient (Wildman–Crippen LogP) is 3.80. The SMILES string of the molecule is COc1cccc(/C=C/C(=O)NCc2ccccc2S(=O)(=O)N2CCCCC2)c1OC(F)F. The van der Waals surface area contributed by atoms with Gasteiger partial charge < -0.3 is 14.8 Å². The first kappa shape index (κ1) is 24.7. The maximum absolute atomic E-state index is 13.1. The molecule has 1 heterocycles. The van der Waals surface area contributed by atoms with E-state index in [1.165, 1.54) is 35.7 Å². The van der Waals surface area contributed by atoms with E-state index in [-0.39, 0.29) is 28.5 Å². The summed E-state index contributed by atoms with van der Waals surface area (Å²) in [6.45, 7) is -2.10. The maximum atomic E-state index is 13.1. The molecule has 2 aromatic carbocycles. The van der Waals surface area contributed by atoms with Crippen molar-refractivity contribution in [1.82, 2.24) is 9.62 Å². The Hall–Kier alpha value is -2.98. The van der Waals surface area contributed by atoms with Gasteiger partial charge in [-0.15, -0.1) is 0 Å². The van der Waals surface area contributed by atoms with Crippen LogP contribution in [0.25, 0.3) is 6.08 Å². The molecule has 0 radical (unpaired) electrons. The van der Waals surface area contributed by atoms with Crippen LogP contribution in [0.3, 0.4) is 0 Å². The molecular weight excluding hydrogens is 454 g/mol. The van der Waals surface area contributed by atoms with Crippen LogP contribution in [0.2, 0.25) is 0 Å². The van der Waals surface area contributed by atoms with E-state index in [0.29, 0.717) is 18.7 Å². The van der Waals surface area contributed by atoms with Crippen molar-refractivity contribution in [3.05, 3.63) is 59.7 Å². The van der Waals surface area contributed by atoms with Crippen molar-refractivity contribution < 1.29 is 31.5 Å². The molecule has 0 unspecified atom stereocenters. The van der Waals surface area contributed by atoms with Gasteiger partial charge in [0, 0.05) is 31.3 Å². The van der Waals surface area contributed by atoms with Crippen molar-refractivity contribution >= 4 is 22.0 Å². The molecule has 1 fully saturated rings. The Kier molecular flexibility index (Phi) is 8.40. The highest BCUT2D eigenvalue weighted by Gasteiger charge is 2.27. The zero-order valence-corrected chi connectivity index (χ0v) is 19.0. The highest BCUT2D eigenvalue weighted by molar-refractivity contribution is 7.89. The first-order valence-electron chi connectivity index (χ1n) is 10.5. The molecule has 1 N–H and O–H groups in total. The number of methoxy groups -OCH3 is 1. The summed E-state index contributed by atoms with van der Waals surface area (Å²) in [6, 6.07) is 11.1. The number of halogens is 2. The summed E-state index contributed by atoms with van der Waals surface area (Å²) in [5, 5.41) is 2.64. The normalized spacial score (nSPS) is 15.0. The number of amides is 1. The molecule has 0 spiro atoms. The number of hydrogen-bond donors (Lipinski definition) is 1. The van der Waals surface area contributed by atoms with Crippen LogP contribution < -0.4 is 14.8 Å². The van der Waals surface area contributed by atoms with E-state index < -0.39 is 22.5 Å². The minimum absolute atomic E-state index is 0.00901. The highest BCUT2D eigenvalue weighted by Crippen LogP contribution is 2.33. The topological polar surface area (TPSA) is 84.9 Å². The van der Waals surface area contributed by atoms with E-state index in [1.54, 1.807) is 24.3 Å². The summed E-state index contributed by atoms with van der Waals surface area (Å²) in [7, 11) is -2.34. The molecule has 1 saturated heterocycles. The Balaban J connectivity index is 1.72. The summed E-state index contributed by atoms with van der Waals surface area (Å²) in [5.41, 5.74) is 0.700. The third kappa shape index (κ3) is 6.29. The molecule has 2 aromatic rings. The minimum atomic E-state index is -3.66. The monoisotopic (exact) mass is 480 g/mol. The molecule has 1 aliphatic rings. The Morgan fingerprint density at radius 3 is 2.55 bits per heavy atom. The summed E-state index contributed by atoms with van der Waals surface area (Å²) < 4.78 is 62.7. The molecule has 0 atom stereocenters. The van der Waals surface area contributed by atoms with Crippen LogP contribution in [0.5, 0.6) is 11.5 Å². The number of nitrogens with zero attached hydrogens (tertiary/aromatic N) is 1. The molecule has 0 aliphatic carbocycles. The van der Waals surface area contributed by atoms with Crippen LogP contribution in [0.1, 0.15) is 30.4 Å². The number of nitrogens with one attached hydrogen (secondary N) is 1. The number of sulfonamides is 1. The Morgan fingerprint density at radius 2 is 1.85 bits per heavy atom. The molecule has 0 bridgehead atoms. The number of rotatable bonds is 9. The number of benzene rings is 2. The third-order valence-electron chi connectivity index (χ3n) is 5.21. The second kappa shape index (κ2) is 11.2. The zero-order valence-electron chi connectivity index (χ0n) is 18.2. The van der Waals surface area contributed by atoms with Gasteiger partial charge in [0.1, 0.15) is 0 Å². The van der Waals surface area contributed by atoms with Crippen LogP contribution in [0.15, 0.2) is 53.4 Å². The molecule has 3 rings (SSSR count). The number of hydrogen-bond acceptors (Lipinski definition) is 5. The van der Waals surface area contributed by atoms with Crippen LogP contribution in [-0.4, -0.2) is 45.4 Å². The predicted molar refractivity (Wildman–Crippen MR) is 120 cm³/mol. The number of carbonyl (C=O) groups is 1. The van der Waals surface area contributed by atoms with Crippen LogP contribution in [0.4, 0.5) is 8.78 Å². The average molecular weight is 481 g/mol. The minimum Gasteiger partial charge on any atom is -0.493 e. The zero-order chi connectivity index (χ0) is 23.8. The summed E-state index contributed by atoms with van der Waals surface area (Å²) in [6.07, 6.45) is 5.14. The number of piperidine rings is 1. The maximum Gasteiger partial charge on any atom is 0.387 e. The molecular formula is C23H26F2N2O5S. The molecule has 10 heteroatoms. The van der Waals surface area contributed by atoms with Gasteiger partial charge in [-0.3, -0.25) is 4.79 Å². The van der Waals surface area contributed by atoms with Crippen LogP contribution in [-0.2, 0) is 21.4 Å². The first-order valence-corrected chi connectivity index (χ1v) is 11.9. The molecule has 0 aromatic heterocycles. The number of alkyl halides is 2. The Labute approximate surface area is 192 Å². The van der Waals surface area contributed by atoms with E-state index >= 15 is 0 Å². The van der Waals surface area contributed by atoms with Crippen molar-refractivity contribution in [1.29, 1.82) is 0 Å². The number of ether oxygens (including phenoxy) is 2. The molecule has 0 saturated carbocycles. The molecule has 33 heavy (non-hydrogen) atoms. The van der Waals surface area contributed by atoms with Gasteiger partial charge in [0.15, 0.2) is 11.5 Å². The molecule has 1 amide bonds. The first-order chi connectivity index (χ1) is 15.8. The molecule has 1 aliphatic heterocycles. The summed E-state index contributed by atoms with van der Waals surface area (Å²) in [5.74, 6) is -0.599. The van der Waals surface area contributed by atoms with Crippen molar-refractivity contribution in [2.24, 2.45) is 0 Å². The van der Waals surface area contributed by atoms with Gasteiger partial charge in [-0.2, -0.15) is 13.1 Å². The standard InChI is InChI=1S/C23H26F2N2O5S/c1-31-19-10-7-9-17(22(19)32-23(24)25)12-13-21(28)26-16-18-8-3-4-11-20(18)33(29,30)27-14-5-2-6-15-27/h3-4,7-13,23H,2,5-6,14-16H2,1H3,(H,26,28)/b13-12+. The lowest BCUT2D eigenvalue weighted by Crippen LogP contribution is -2.36. The van der Waals surface area contributed by atoms with Crippen molar-refractivity contribution in [2.45, 2.75) is 37.3 Å². The quantitative estimate of drug-likeness (QED) is 0.552. The van der Waals surface area contributed by atoms with Gasteiger partial charge in [-0.1, -0.05) is 36.8 Å².